The number of benzene rings is 2. The number of halogens is 2. The molecule has 0 aliphatic carbocycles. The van der Waals surface area contributed by atoms with Gasteiger partial charge in [0.2, 0.25) is 0 Å². The van der Waals surface area contributed by atoms with Crippen LogP contribution in [0.2, 0.25) is 5.02 Å². The Kier molecular flexibility index (Phi) is 6.49. The number of rotatable bonds is 6. The van der Waals surface area contributed by atoms with Gasteiger partial charge in [0.05, 0.1) is 10.9 Å². The molecular formula is C30H32ClFN6O. The van der Waals surface area contributed by atoms with E-state index in [-0.39, 0.29) is 28.8 Å². The second-order valence-electron chi connectivity index (χ2n) is 11.1. The lowest BCUT2D eigenvalue weighted by Gasteiger charge is -2.31. The Morgan fingerprint density at radius 1 is 1.10 bits per heavy atom. The van der Waals surface area contributed by atoms with Crippen LogP contribution in [0.4, 0.5) is 10.2 Å². The molecule has 3 aliphatic rings. The summed E-state index contributed by atoms with van der Waals surface area (Å²) in [6.45, 7) is 4.56. The third-order valence-electron chi connectivity index (χ3n) is 8.69. The normalized spacial score (nSPS) is 20.9. The fraction of sp³-hybridized carbons (Fsp3) is 0.433. The van der Waals surface area contributed by atoms with Crippen molar-refractivity contribution in [2.45, 2.75) is 50.1 Å². The number of hydrogen-bond acceptors (Lipinski definition) is 7. The Balaban J connectivity index is 1.32. The standard InChI is InChI=1S/C30H32ClFN6O/c31-23-10-2-7-19-6-1-9-21(24(19)23)26-25(32)27-22(17-34-26)28(35-20-8-3-13-33-16-20)37-29(36-27)39-18-30-11-4-14-38(30)15-5-12-30/h1-2,6-7,9-10,17,20,33H,3-5,8,11-16,18H2,(H,35,36,37). The molecule has 3 fully saturated rings. The number of nitrogens with zero attached hydrogens (tertiary/aromatic N) is 4. The van der Waals surface area contributed by atoms with Crippen LogP contribution in [0.5, 0.6) is 6.01 Å². The second-order valence-corrected chi connectivity index (χ2v) is 11.5. The van der Waals surface area contributed by atoms with Gasteiger partial charge in [-0.1, -0.05) is 41.9 Å². The molecule has 4 aromatic rings. The molecule has 3 aliphatic heterocycles. The largest absolute Gasteiger partial charge is 0.461 e. The van der Waals surface area contributed by atoms with Crippen molar-refractivity contribution in [1.29, 1.82) is 0 Å². The van der Waals surface area contributed by atoms with E-state index in [1.807, 2.05) is 36.4 Å². The van der Waals surface area contributed by atoms with Crippen molar-refractivity contribution in [3.63, 3.8) is 0 Å². The minimum atomic E-state index is -0.501. The van der Waals surface area contributed by atoms with Crippen LogP contribution in [-0.2, 0) is 0 Å². The number of piperidine rings is 1. The van der Waals surface area contributed by atoms with E-state index in [0.717, 1.165) is 62.6 Å². The minimum absolute atomic E-state index is 0.0425. The van der Waals surface area contributed by atoms with Gasteiger partial charge < -0.3 is 15.4 Å². The van der Waals surface area contributed by atoms with E-state index in [1.54, 1.807) is 6.20 Å². The predicted octanol–water partition coefficient (Wildman–Crippen LogP) is 5.81. The fourth-order valence-electron chi connectivity index (χ4n) is 6.72. The lowest BCUT2D eigenvalue weighted by Crippen LogP contribution is -2.43. The Labute approximate surface area is 232 Å². The maximum atomic E-state index is 16.4. The topological polar surface area (TPSA) is 75.2 Å². The molecule has 2 N–H and O–H groups in total. The molecule has 2 aromatic heterocycles. The predicted molar refractivity (Wildman–Crippen MR) is 153 cm³/mol. The van der Waals surface area contributed by atoms with Crippen molar-refractivity contribution >= 4 is 39.1 Å². The Morgan fingerprint density at radius 3 is 2.72 bits per heavy atom. The molecule has 0 radical (unpaired) electrons. The van der Waals surface area contributed by atoms with Gasteiger partial charge in [0.15, 0.2) is 5.82 Å². The summed E-state index contributed by atoms with van der Waals surface area (Å²) >= 11 is 6.57. The first-order valence-corrected chi connectivity index (χ1v) is 14.4. The van der Waals surface area contributed by atoms with Crippen molar-refractivity contribution in [2.24, 2.45) is 0 Å². The van der Waals surface area contributed by atoms with E-state index in [1.165, 1.54) is 12.8 Å². The Hall–Kier alpha value is -3.07. The number of aromatic nitrogens is 3. The molecule has 1 unspecified atom stereocenters. The molecule has 39 heavy (non-hydrogen) atoms. The average Bonchev–Trinajstić information content (AvgIpc) is 3.54. The zero-order chi connectivity index (χ0) is 26.4. The zero-order valence-electron chi connectivity index (χ0n) is 21.9. The summed E-state index contributed by atoms with van der Waals surface area (Å²) in [5.41, 5.74) is 1.09. The van der Waals surface area contributed by atoms with Gasteiger partial charge >= 0.3 is 6.01 Å². The molecule has 5 heterocycles. The van der Waals surface area contributed by atoms with Crippen molar-refractivity contribution in [3.05, 3.63) is 53.4 Å². The monoisotopic (exact) mass is 546 g/mol. The Bertz CT molecular complexity index is 1530. The molecule has 0 spiro atoms. The quantitative estimate of drug-likeness (QED) is 0.316. The minimum Gasteiger partial charge on any atom is -0.461 e. The van der Waals surface area contributed by atoms with Gasteiger partial charge in [-0.2, -0.15) is 9.97 Å². The molecule has 202 valence electrons. The molecule has 7 nitrogen and oxygen atoms in total. The van der Waals surface area contributed by atoms with Gasteiger partial charge in [0.25, 0.3) is 0 Å². The smallest absolute Gasteiger partial charge is 0.319 e. The first kappa shape index (κ1) is 24.9. The van der Waals surface area contributed by atoms with Crippen LogP contribution in [0, 0.1) is 5.82 Å². The lowest BCUT2D eigenvalue weighted by atomic mass is 9.95. The molecule has 9 heteroatoms. The summed E-state index contributed by atoms with van der Waals surface area (Å²) in [5.74, 6) is 0.0586. The molecule has 7 rings (SSSR count). The van der Waals surface area contributed by atoms with Gasteiger partial charge in [-0.05, 0) is 69.6 Å². The number of anilines is 1. The fourth-order valence-corrected chi connectivity index (χ4v) is 7.00. The van der Waals surface area contributed by atoms with Gasteiger partial charge in [-0.15, -0.1) is 0 Å². The van der Waals surface area contributed by atoms with Crippen molar-refractivity contribution in [3.8, 4) is 17.3 Å². The maximum absolute atomic E-state index is 16.4. The summed E-state index contributed by atoms with van der Waals surface area (Å²) in [6.07, 6.45) is 8.34. The van der Waals surface area contributed by atoms with E-state index >= 15 is 4.39 Å². The summed E-state index contributed by atoms with van der Waals surface area (Å²) in [4.78, 5) is 16.5. The average molecular weight is 547 g/mol. The first-order valence-electron chi connectivity index (χ1n) is 14.0. The van der Waals surface area contributed by atoms with E-state index in [4.69, 9.17) is 21.3 Å². The van der Waals surface area contributed by atoms with Gasteiger partial charge in [-0.3, -0.25) is 9.88 Å². The maximum Gasteiger partial charge on any atom is 0.319 e. The van der Waals surface area contributed by atoms with Gasteiger partial charge in [0.1, 0.15) is 23.6 Å². The molecule has 0 amide bonds. The zero-order valence-corrected chi connectivity index (χ0v) is 22.6. The number of ether oxygens (including phenoxy) is 1. The van der Waals surface area contributed by atoms with E-state index < -0.39 is 5.82 Å². The third-order valence-corrected chi connectivity index (χ3v) is 9.01. The highest BCUT2D eigenvalue weighted by Crippen LogP contribution is 2.40. The number of nitrogens with one attached hydrogen (secondary N) is 2. The van der Waals surface area contributed by atoms with E-state index in [2.05, 4.69) is 25.5 Å². The highest BCUT2D eigenvalue weighted by Gasteiger charge is 2.45. The van der Waals surface area contributed by atoms with Crippen LogP contribution in [-0.4, -0.2) is 64.2 Å². The van der Waals surface area contributed by atoms with Crippen molar-refractivity contribution < 1.29 is 9.13 Å². The number of hydrogen-bond donors (Lipinski definition) is 2. The summed E-state index contributed by atoms with van der Waals surface area (Å²) < 4.78 is 22.7. The van der Waals surface area contributed by atoms with Crippen LogP contribution >= 0.6 is 11.6 Å². The first-order chi connectivity index (χ1) is 19.1. The summed E-state index contributed by atoms with van der Waals surface area (Å²) in [6, 6.07) is 11.8. The second kappa shape index (κ2) is 10.2. The van der Waals surface area contributed by atoms with Crippen LogP contribution in [0.15, 0.2) is 42.6 Å². The SMILES string of the molecule is Fc1c(-c2cccc3cccc(Cl)c23)ncc2c(NC3CCCNC3)nc(OCC34CCCN3CCC4)nc12. The molecule has 1 atom stereocenters. The number of fused-ring (bicyclic) bond motifs is 3. The Morgan fingerprint density at radius 2 is 1.92 bits per heavy atom. The van der Waals surface area contributed by atoms with Crippen LogP contribution in [0.25, 0.3) is 32.9 Å². The van der Waals surface area contributed by atoms with Crippen LogP contribution in [0.3, 0.4) is 0 Å². The van der Waals surface area contributed by atoms with Crippen LogP contribution < -0.4 is 15.4 Å². The highest BCUT2D eigenvalue weighted by atomic mass is 35.5. The lowest BCUT2D eigenvalue weighted by molar-refractivity contribution is 0.108. The highest BCUT2D eigenvalue weighted by molar-refractivity contribution is 6.36. The van der Waals surface area contributed by atoms with Crippen molar-refractivity contribution in [2.75, 3.05) is 38.1 Å². The van der Waals surface area contributed by atoms with Gasteiger partial charge in [-0.25, -0.2) is 4.39 Å². The van der Waals surface area contributed by atoms with Crippen molar-refractivity contribution in [1.82, 2.24) is 25.2 Å². The number of pyridine rings is 1. The van der Waals surface area contributed by atoms with E-state index in [9.17, 15) is 0 Å². The molecular weight excluding hydrogens is 515 g/mol. The van der Waals surface area contributed by atoms with Gasteiger partial charge in [0, 0.05) is 34.8 Å². The third kappa shape index (κ3) is 4.48. The van der Waals surface area contributed by atoms with E-state index in [0.29, 0.717) is 28.4 Å². The van der Waals surface area contributed by atoms with Crippen LogP contribution in [0.1, 0.15) is 38.5 Å². The summed E-state index contributed by atoms with van der Waals surface area (Å²) in [5, 5.41) is 9.75. The molecule has 2 aromatic carbocycles. The molecule has 0 bridgehead atoms. The summed E-state index contributed by atoms with van der Waals surface area (Å²) in [7, 11) is 0. The molecule has 0 saturated carbocycles. The molecule has 3 saturated heterocycles.